The minimum atomic E-state index is -0.712. The van der Waals surface area contributed by atoms with Crippen LogP contribution >= 0.6 is 0 Å². The first-order valence-electron chi connectivity index (χ1n) is 30.4. The maximum absolute atomic E-state index is 6.38. The van der Waals surface area contributed by atoms with Crippen LogP contribution in [0.25, 0.3) is 77.4 Å². The SMILES string of the molecule is Cc1ccc2c(c1)c1cc(C)c(-n3c4ccc(-c5ccccc5)cc4c4cccnc43)[c-]c1n2-c1[c-]c(C2=N[C@]3(C)c4ccc(C(C)(C)C)cc4-c4cc(C(C)(C)C)ccc4[C@]3(C)N2C2=C(C(C)C)C=CC[C@@H]2C(C)C)cc(C(C)(C)C)c1.[Pt+2]. The molecular formula is C78H81N5Pt. The van der Waals surface area contributed by atoms with Crippen LogP contribution in [0.15, 0.2) is 168 Å². The molecule has 3 aliphatic rings. The zero-order valence-corrected chi connectivity index (χ0v) is 54.7. The van der Waals surface area contributed by atoms with Crippen LogP contribution in [0.1, 0.15) is 155 Å². The maximum Gasteiger partial charge on any atom is 2.00 e. The van der Waals surface area contributed by atoms with E-state index in [0.29, 0.717) is 5.92 Å². The smallest absolute Gasteiger partial charge is 0.357 e. The fourth-order valence-corrected chi connectivity index (χ4v) is 14.3. The molecule has 6 heteroatoms. The molecule has 0 fully saturated rings. The number of amidine groups is 1. The van der Waals surface area contributed by atoms with E-state index in [1.165, 1.54) is 72.3 Å². The first-order chi connectivity index (χ1) is 39.3. The van der Waals surface area contributed by atoms with Crippen molar-refractivity contribution in [3.05, 3.63) is 220 Å². The van der Waals surface area contributed by atoms with Crippen molar-refractivity contribution >= 4 is 49.6 Å². The van der Waals surface area contributed by atoms with Gasteiger partial charge in [0.2, 0.25) is 0 Å². The van der Waals surface area contributed by atoms with Gasteiger partial charge in [-0.1, -0.05) is 211 Å². The number of aryl methyl sites for hydroxylation is 2. The molecule has 0 unspecified atom stereocenters. The molecule has 5 nitrogen and oxygen atoms in total. The molecule has 0 bridgehead atoms. The number of nitrogens with zero attached hydrogens (tertiary/aromatic N) is 5. The Morgan fingerprint density at radius 2 is 1.24 bits per heavy atom. The van der Waals surface area contributed by atoms with Crippen LogP contribution in [0.4, 0.5) is 0 Å². The van der Waals surface area contributed by atoms with Crippen LogP contribution in [-0.4, -0.2) is 24.9 Å². The molecular weight excluding hydrogens is 1200 g/mol. The molecule has 0 saturated carbocycles. The van der Waals surface area contributed by atoms with Crippen LogP contribution in [0, 0.1) is 43.7 Å². The van der Waals surface area contributed by atoms with Gasteiger partial charge in [0.05, 0.1) is 16.9 Å². The summed E-state index contributed by atoms with van der Waals surface area (Å²) in [6, 6.07) is 59.1. The fourth-order valence-electron chi connectivity index (χ4n) is 14.3. The quantitative estimate of drug-likeness (QED) is 0.149. The molecule has 0 saturated heterocycles. The number of aliphatic imine (C=N–C) groups is 1. The molecule has 428 valence electrons. The second-order valence-corrected chi connectivity index (χ2v) is 28.6. The Morgan fingerprint density at radius 3 is 1.90 bits per heavy atom. The van der Waals surface area contributed by atoms with Crippen LogP contribution in [0.2, 0.25) is 0 Å². The standard InChI is InChI=1S/C78H81N5.Pt/c1-46(2)57-25-21-26-58(47(3)4)71(57)83-72(80-77(16)65-32-30-53(74(7,8)9)43-60(65)61-44-54(75(10,11)12)31-33-66(61)78(77,83)17)52-39-55(76(13,14)15)42-56(40-52)81-67-34-28-48(5)37-62(67)63-38-49(6)69(45-70(63)81)82-68-35-29-51(50-23-19-18-20-24-50)41-64(68)59-27-22-36-79-73(59)82;/h18-25,27-39,41-44,46-47,58H,26H2,1-17H3;/q-2;+2/t58-,77-,78+;/m1./s1. The summed E-state index contributed by atoms with van der Waals surface area (Å²) in [6.07, 6.45) is 7.76. The molecule has 3 aromatic heterocycles. The number of rotatable bonds is 7. The van der Waals surface area contributed by atoms with Gasteiger partial charge in [-0.3, -0.25) is 0 Å². The van der Waals surface area contributed by atoms with E-state index < -0.39 is 11.1 Å². The third kappa shape index (κ3) is 8.78. The Balaban J connectivity index is 0.00000694. The summed E-state index contributed by atoms with van der Waals surface area (Å²) in [7, 11) is 0. The van der Waals surface area contributed by atoms with Crippen molar-refractivity contribution in [1.82, 2.24) is 19.0 Å². The number of fused-ring (bicyclic) bond motifs is 12. The third-order valence-corrected chi connectivity index (χ3v) is 19.2. The Labute approximate surface area is 513 Å². The van der Waals surface area contributed by atoms with Crippen molar-refractivity contribution in [1.29, 1.82) is 0 Å². The molecule has 3 atom stereocenters. The first kappa shape index (κ1) is 57.4. The molecule has 7 aromatic carbocycles. The summed E-state index contributed by atoms with van der Waals surface area (Å²) in [5, 5.41) is 4.63. The molecule has 0 N–H and O–H groups in total. The van der Waals surface area contributed by atoms with Crippen LogP contribution < -0.4 is 0 Å². The molecule has 84 heavy (non-hydrogen) atoms. The van der Waals surface area contributed by atoms with Gasteiger partial charge in [0.1, 0.15) is 11.2 Å². The van der Waals surface area contributed by atoms with Gasteiger partial charge in [0.15, 0.2) is 0 Å². The van der Waals surface area contributed by atoms with Crippen molar-refractivity contribution in [3.63, 3.8) is 0 Å². The average Bonchev–Trinajstić information content (AvgIpc) is 1.44. The van der Waals surface area contributed by atoms with Crippen molar-refractivity contribution < 1.29 is 21.1 Å². The topological polar surface area (TPSA) is 38.4 Å². The second kappa shape index (κ2) is 20.0. The van der Waals surface area contributed by atoms with E-state index in [1.54, 1.807) is 0 Å². The van der Waals surface area contributed by atoms with Gasteiger partial charge in [-0.05, 0) is 147 Å². The summed E-state index contributed by atoms with van der Waals surface area (Å²) in [5.41, 5.74) is 21.9. The third-order valence-electron chi connectivity index (χ3n) is 19.2. The van der Waals surface area contributed by atoms with Gasteiger partial charge in [-0.15, -0.1) is 46.3 Å². The molecule has 2 aliphatic carbocycles. The number of pyridine rings is 1. The van der Waals surface area contributed by atoms with E-state index in [9.17, 15) is 0 Å². The van der Waals surface area contributed by atoms with E-state index in [2.05, 4.69) is 289 Å². The second-order valence-electron chi connectivity index (χ2n) is 28.6. The number of hydrogen-bond acceptors (Lipinski definition) is 3. The minimum Gasteiger partial charge on any atom is -0.357 e. The van der Waals surface area contributed by atoms with Crippen molar-refractivity contribution in [2.24, 2.45) is 22.7 Å². The van der Waals surface area contributed by atoms with Gasteiger partial charge in [0, 0.05) is 34.1 Å². The van der Waals surface area contributed by atoms with Crippen LogP contribution in [-0.2, 0) is 48.4 Å². The average molecular weight is 1280 g/mol. The van der Waals surface area contributed by atoms with Gasteiger partial charge in [-0.25, -0.2) is 4.98 Å². The summed E-state index contributed by atoms with van der Waals surface area (Å²) in [5.74, 6) is 1.88. The molecule has 0 spiro atoms. The van der Waals surface area contributed by atoms with Gasteiger partial charge in [0.25, 0.3) is 0 Å². The van der Waals surface area contributed by atoms with Crippen LogP contribution in [0.5, 0.6) is 0 Å². The van der Waals surface area contributed by atoms with E-state index in [1.807, 2.05) is 6.20 Å². The van der Waals surface area contributed by atoms with Gasteiger partial charge < -0.3 is 19.0 Å². The fraction of sp³-hybridized carbons (Fsp3) is 0.333. The molecule has 10 aromatic rings. The molecule has 0 radical (unpaired) electrons. The molecule has 13 rings (SSSR count). The molecule has 1 aliphatic heterocycles. The van der Waals surface area contributed by atoms with E-state index in [-0.39, 0.29) is 49.1 Å². The predicted molar refractivity (Wildman–Crippen MR) is 351 cm³/mol. The first-order valence-corrected chi connectivity index (χ1v) is 30.4. The Hall–Kier alpha value is -7.07. The normalized spacial score (nSPS) is 19.0. The predicted octanol–water partition coefficient (Wildman–Crippen LogP) is 20.1. The summed E-state index contributed by atoms with van der Waals surface area (Å²) in [4.78, 5) is 14.3. The largest absolute Gasteiger partial charge is 2.00 e. The van der Waals surface area contributed by atoms with Crippen molar-refractivity contribution in [2.45, 2.75) is 151 Å². The van der Waals surface area contributed by atoms with Gasteiger partial charge in [-0.2, -0.15) is 6.07 Å². The van der Waals surface area contributed by atoms with Gasteiger partial charge >= 0.3 is 21.1 Å². The van der Waals surface area contributed by atoms with E-state index >= 15 is 0 Å². The zero-order chi connectivity index (χ0) is 58.6. The van der Waals surface area contributed by atoms with E-state index in [0.717, 1.165) is 73.1 Å². The number of aromatic nitrogens is 3. The number of benzene rings is 7. The number of allylic oxidation sites excluding steroid dienone is 4. The monoisotopic (exact) mass is 1280 g/mol. The maximum atomic E-state index is 6.38. The molecule has 0 amide bonds. The summed E-state index contributed by atoms with van der Waals surface area (Å²) in [6.45, 7) is 40.1. The minimum absolute atomic E-state index is 0. The summed E-state index contributed by atoms with van der Waals surface area (Å²) >= 11 is 0. The Bertz CT molecular complexity index is 4420. The molecule has 4 heterocycles. The Kier molecular flexibility index (Phi) is 13.7. The van der Waals surface area contributed by atoms with E-state index in [4.69, 9.17) is 9.98 Å². The zero-order valence-electron chi connectivity index (χ0n) is 52.4. The summed E-state index contributed by atoms with van der Waals surface area (Å²) < 4.78 is 4.79. The van der Waals surface area contributed by atoms with Crippen molar-refractivity contribution in [2.75, 3.05) is 0 Å². The number of hydrogen-bond donors (Lipinski definition) is 0. The van der Waals surface area contributed by atoms with Crippen LogP contribution in [0.3, 0.4) is 0 Å². The van der Waals surface area contributed by atoms with Crippen molar-refractivity contribution in [3.8, 4) is 33.6 Å². The Morgan fingerprint density at radius 1 is 0.595 bits per heavy atom.